The Morgan fingerprint density at radius 3 is 1.03 bits per heavy atom. The van der Waals surface area contributed by atoms with Crippen LogP contribution in [0.2, 0.25) is 0 Å². The van der Waals surface area contributed by atoms with Gasteiger partial charge in [-0.15, -0.1) is 31.9 Å². The first-order valence-corrected chi connectivity index (χ1v) is 14.2. The van der Waals surface area contributed by atoms with Gasteiger partial charge in [-0.25, -0.2) is 0 Å². The Balaban J connectivity index is 0.000000245. The molecule has 4 aromatic rings. The molecule has 0 aliphatic rings. The monoisotopic (exact) mass is 926 g/mol. The minimum atomic E-state index is -0.446. The van der Waals surface area contributed by atoms with Gasteiger partial charge in [0.05, 0.1) is 0 Å². The van der Waals surface area contributed by atoms with Gasteiger partial charge in [0.1, 0.15) is 0 Å². The zero-order valence-electron chi connectivity index (χ0n) is 15.8. The molecule has 0 atom stereocenters. The quantitative estimate of drug-likeness (QED) is 0.0635. The Hall–Kier alpha value is 0.450. The van der Waals surface area contributed by atoms with E-state index >= 15 is 0 Å². The van der Waals surface area contributed by atoms with Crippen LogP contribution in [0.3, 0.4) is 0 Å². The van der Waals surface area contributed by atoms with Crippen molar-refractivity contribution in [3.63, 3.8) is 0 Å². The first-order chi connectivity index (χ1) is 14.5. The minimum absolute atomic E-state index is 0. The largest absolute Gasteiger partial charge is 1.00 e. The maximum atomic E-state index is 3.41. The van der Waals surface area contributed by atoms with E-state index in [1.165, 1.54) is 15.9 Å². The normalized spacial score (nSPS) is 10.1. The van der Waals surface area contributed by atoms with Gasteiger partial charge in [0.25, 0.3) is 0 Å². The van der Waals surface area contributed by atoms with Crippen LogP contribution >= 0.6 is 87.6 Å². The van der Waals surface area contributed by atoms with E-state index in [2.05, 4.69) is 177 Å². The standard InChI is InChI=1S/C18H15P.C6Br5.Au/c1-4-10-16(11-5-1)19(17-12-6-2-7-13-17)18-14-8-3-9-15-18;7-2-1-3(8)5(10)6(11)4(2)9;/h1-15H;;/q;-1;+1. The molecule has 0 radical (unpaired) electrons. The van der Waals surface area contributed by atoms with Crippen LogP contribution in [-0.2, 0) is 22.4 Å². The molecule has 0 fully saturated rings. The topological polar surface area (TPSA) is 0 Å². The summed E-state index contributed by atoms with van der Waals surface area (Å²) >= 11 is 16.9. The van der Waals surface area contributed by atoms with Crippen LogP contribution in [0.25, 0.3) is 0 Å². The maximum Gasteiger partial charge on any atom is 1.00 e. The number of halogens is 5. The predicted octanol–water partition coefficient (Wildman–Crippen LogP) is 8.74. The fraction of sp³-hybridized carbons (Fsp3) is 0. The third-order valence-corrected chi connectivity index (χ3v) is 12.2. The second kappa shape index (κ2) is 14.0. The van der Waals surface area contributed by atoms with Gasteiger partial charge in [0, 0.05) is 0 Å². The van der Waals surface area contributed by atoms with Crippen LogP contribution in [0, 0.1) is 6.07 Å². The summed E-state index contributed by atoms with van der Waals surface area (Å²) in [4.78, 5) is 0. The molecule has 4 rings (SSSR count). The summed E-state index contributed by atoms with van der Waals surface area (Å²) in [6.07, 6.45) is 0. The minimum Gasteiger partial charge on any atom is -0.152 e. The third kappa shape index (κ3) is 7.73. The fourth-order valence-electron chi connectivity index (χ4n) is 2.67. The predicted molar refractivity (Wildman–Crippen MR) is 149 cm³/mol. The Kier molecular flexibility index (Phi) is 12.5. The molecule has 0 bridgehead atoms. The van der Waals surface area contributed by atoms with E-state index < -0.39 is 7.92 Å². The third-order valence-electron chi connectivity index (χ3n) is 4.03. The summed E-state index contributed by atoms with van der Waals surface area (Å²) in [5, 5.41) is 4.19. The van der Waals surface area contributed by atoms with Crippen LogP contribution in [0.15, 0.2) is 113 Å². The molecule has 4 aromatic carbocycles. The summed E-state index contributed by atoms with van der Waals surface area (Å²) in [6.45, 7) is 0. The van der Waals surface area contributed by atoms with E-state index in [-0.39, 0.29) is 22.4 Å². The molecule has 0 aliphatic carbocycles. The molecule has 0 saturated heterocycles. The molecule has 0 N–H and O–H groups in total. The van der Waals surface area contributed by atoms with Crippen molar-refractivity contribution in [2.24, 2.45) is 0 Å². The second-order valence-corrected chi connectivity index (χ2v) is 12.2. The van der Waals surface area contributed by atoms with Gasteiger partial charge in [-0.3, -0.25) is 0 Å². The second-order valence-electron chi connectivity index (χ2n) is 6.04. The molecule has 7 heteroatoms. The number of hydrogen-bond acceptors (Lipinski definition) is 0. The van der Waals surface area contributed by atoms with Gasteiger partial charge < -0.3 is 0 Å². The molecule has 31 heavy (non-hydrogen) atoms. The van der Waals surface area contributed by atoms with Gasteiger partial charge in [-0.05, 0) is 23.8 Å². The van der Waals surface area contributed by atoms with Crippen LogP contribution in [0.5, 0.6) is 0 Å². The van der Waals surface area contributed by atoms with Crippen molar-refractivity contribution in [1.82, 2.24) is 0 Å². The van der Waals surface area contributed by atoms with Crippen molar-refractivity contribution in [2.45, 2.75) is 0 Å². The average molecular weight is 931 g/mol. The Morgan fingerprint density at radius 1 is 0.452 bits per heavy atom. The zero-order chi connectivity index (χ0) is 21.5. The van der Waals surface area contributed by atoms with Crippen molar-refractivity contribution in [3.8, 4) is 0 Å². The molecule has 0 amide bonds. The summed E-state index contributed by atoms with van der Waals surface area (Å²) < 4.78 is 4.65. The van der Waals surface area contributed by atoms with E-state index in [4.69, 9.17) is 0 Å². The summed E-state index contributed by atoms with van der Waals surface area (Å²) in [6, 6.07) is 35.4. The molecule has 0 heterocycles. The first kappa shape index (κ1) is 27.7. The molecule has 162 valence electrons. The SMILES string of the molecule is Brc1[c-]c(Br)c(Br)c(Br)c1Br.[Au+].c1ccc(P(c2ccccc2)c2ccccc2)cc1. The van der Waals surface area contributed by atoms with Crippen LogP contribution in [0.1, 0.15) is 0 Å². The smallest absolute Gasteiger partial charge is 0.152 e. The van der Waals surface area contributed by atoms with Crippen LogP contribution in [-0.4, -0.2) is 0 Å². The van der Waals surface area contributed by atoms with Crippen molar-refractivity contribution in [2.75, 3.05) is 0 Å². The van der Waals surface area contributed by atoms with Gasteiger partial charge in [-0.2, -0.15) is 6.07 Å². The van der Waals surface area contributed by atoms with Crippen molar-refractivity contribution in [1.29, 1.82) is 0 Å². The Labute approximate surface area is 242 Å². The van der Waals surface area contributed by atoms with Gasteiger partial charge in [-0.1, -0.05) is 161 Å². The summed E-state index contributed by atoms with van der Waals surface area (Å²) in [5.74, 6) is 0. The van der Waals surface area contributed by atoms with Gasteiger partial charge in [0.15, 0.2) is 0 Å². The molecule has 0 spiro atoms. The van der Waals surface area contributed by atoms with Gasteiger partial charge >= 0.3 is 22.4 Å². The first-order valence-electron chi connectivity index (χ1n) is 8.85. The molecule has 0 saturated carbocycles. The Morgan fingerprint density at radius 2 is 0.742 bits per heavy atom. The summed E-state index contributed by atoms with van der Waals surface area (Å²) in [5.41, 5.74) is 0. The Bertz CT molecular complexity index is 973. The zero-order valence-corrected chi connectivity index (χ0v) is 26.8. The van der Waals surface area contributed by atoms with E-state index in [0.717, 1.165) is 22.4 Å². The molecule has 0 aromatic heterocycles. The van der Waals surface area contributed by atoms with Crippen molar-refractivity contribution in [3.05, 3.63) is 119 Å². The number of rotatable bonds is 3. The maximum absolute atomic E-state index is 3.41. The van der Waals surface area contributed by atoms with Crippen molar-refractivity contribution < 1.29 is 22.4 Å². The molecule has 0 aliphatic heterocycles. The van der Waals surface area contributed by atoms with E-state index in [1.54, 1.807) is 0 Å². The average Bonchev–Trinajstić information content (AvgIpc) is 2.79. The van der Waals surface area contributed by atoms with E-state index in [9.17, 15) is 0 Å². The van der Waals surface area contributed by atoms with Gasteiger partial charge in [0.2, 0.25) is 0 Å². The van der Waals surface area contributed by atoms with Crippen LogP contribution < -0.4 is 15.9 Å². The van der Waals surface area contributed by atoms with E-state index in [1.807, 2.05) is 0 Å². The van der Waals surface area contributed by atoms with Crippen molar-refractivity contribution >= 4 is 103 Å². The number of hydrogen-bond donors (Lipinski definition) is 0. The molecular weight excluding hydrogens is 916 g/mol. The van der Waals surface area contributed by atoms with E-state index in [0.29, 0.717) is 0 Å². The molecule has 0 nitrogen and oxygen atoms in total. The molecular formula is C24H15AuBr5P. The summed E-state index contributed by atoms with van der Waals surface area (Å²) in [7, 11) is -0.446. The number of benzene rings is 4. The molecule has 0 unspecified atom stereocenters. The fourth-order valence-corrected chi connectivity index (χ4v) is 7.83. The van der Waals surface area contributed by atoms with Crippen LogP contribution in [0.4, 0.5) is 0 Å².